The molecule has 2 aromatic rings. The molecule has 1 amide bonds. The predicted molar refractivity (Wildman–Crippen MR) is 123 cm³/mol. The zero-order valence-electron chi connectivity index (χ0n) is 18.5. The number of rotatable bonds is 7. The molecular formula is C23H31N3O4S. The lowest BCUT2D eigenvalue weighted by Crippen LogP contribution is -2.33. The second-order valence-electron chi connectivity index (χ2n) is 8.79. The van der Waals surface area contributed by atoms with Crippen LogP contribution in [0.1, 0.15) is 32.8 Å². The Hall–Kier alpha value is -2.42. The SMILES string of the molecule is CO[C@H]1CCN(c2ccc(NC(=O)CNS(=O)(=O)c3ccc(C(C)(C)C)cc3)cc2)C1. The molecule has 1 aliphatic heterocycles. The predicted octanol–water partition coefficient (Wildman–Crippen LogP) is 3.13. The van der Waals surface area contributed by atoms with E-state index >= 15 is 0 Å². The number of hydrogen-bond acceptors (Lipinski definition) is 5. The molecule has 8 heteroatoms. The molecule has 1 atom stereocenters. The summed E-state index contributed by atoms with van der Waals surface area (Å²) < 4.78 is 32.7. The molecule has 1 heterocycles. The van der Waals surface area contributed by atoms with Crippen molar-refractivity contribution in [3.63, 3.8) is 0 Å². The Morgan fingerprint density at radius 2 is 1.74 bits per heavy atom. The van der Waals surface area contributed by atoms with Crippen LogP contribution in [0, 0.1) is 0 Å². The summed E-state index contributed by atoms with van der Waals surface area (Å²) in [5.41, 5.74) is 2.66. The van der Waals surface area contributed by atoms with Crippen LogP contribution in [0.25, 0.3) is 0 Å². The molecule has 168 valence electrons. The average molecular weight is 446 g/mol. The summed E-state index contributed by atoms with van der Waals surface area (Å²) in [6, 6.07) is 14.2. The second-order valence-corrected chi connectivity index (χ2v) is 10.6. The van der Waals surface area contributed by atoms with Gasteiger partial charge < -0.3 is 15.0 Å². The first-order valence-electron chi connectivity index (χ1n) is 10.4. The first-order valence-corrected chi connectivity index (χ1v) is 11.8. The van der Waals surface area contributed by atoms with Crippen LogP contribution in [-0.2, 0) is 25.0 Å². The number of carbonyl (C=O) groups is 1. The third kappa shape index (κ3) is 6.06. The van der Waals surface area contributed by atoms with Crippen molar-refractivity contribution in [1.82, 2.24) is 4.72 Å². The quantitative estimate of drug-likeness (QED) is 0.684. The highest BCUT2D eigenvalue weighted by Gasteiger charge is 2.22. The van der Waals surface area contributed by atoms with Crippen LogP contribution in [-0.4, -0.2) is 47.2 Å². The van der Waals surface area contributed by atoms with Crippen LogP contribution < -0.4 is 14.9 Å². The normalized spacial score (nSPS) is 17.0. The minimum absolute atomic E-state index is 0.0641. The summed E-state index contributed by atoms with van der Waals surface area (Å²) in [5, 5.41) is 2.72. The van der Waals surface area contributed by atoms with Crippen molar-refractivity contribution in [2.75, 3.05) is 37.0 Å². The maximum absolute atomic E-state index is 12.5. The van der Waals surface area contributed by atoms with Crippen molar-refractivity contribution in [1.29, 1.82) is 0 Å². The van der Waals surface area contributed by atoms with Gasteiger partial charge in [0, 0.05) is 31.6 Å². The molecule has 0 radical (unpaired) electrons. The zero-order chi connectivity index (χ0) is 22.6. The molecule has 0 unspecified atom stereocenters. The number of sulfonamides is 1. The number of methoxy groups -OCH3 is 1. The van der Waals surface area contributed by atoms with Gasteiger partial charge in [0.25, 0.3) is 0 Å². The van der Waals surface area contributed by atoms with E-state index in [1.807, 2.05) is 24.3 Å². The lowest BCUT2D eigenvalue weighted by molar-refractivity contribution is -0.115. The highest BCUT2D eigenvalue weighted by atomic mass is 32.2. The number of benzene rings is 2. The lowest BCUT2D eigenvalue weighted by atomic mass is 9.87. The first kappa shape index (κ1) is 23.2. The highest BCUT2D eigenvalue weighted by Crippen LogP contribution is 2.24. The van der Waals surface area contributed by atoms with E-state index in [1.54, 1.807) is 31.4 Å². The first-order chi connectivity index (χ1) is 14.6. The number of anilines is 2. The molecule has 7 nitrogen and oxygen atoms in total. The fourth-order valence-corrected chi connectivity index (χ4v) is 4.48. The molecular weight excluding hydrogens is 414 g/mol. The number of nitrogens with one attached hydrogen (secondary N) is 2. The van der Waals surface area contributed by atoms with Gasteiger partial charge in [-0.15, -0.1) is 0 Å². The van der Waals surface area contributed by atoms with Crippen molar-refractivity contribution in [2.24, 2.45) is 0 Å². The largest absolute Gasteiger partial charge is 0.380 e. The Balaban J connectivity index is 1.53. The fourth-order valence-electron chi connectivity index (χ4n) is 3.49. The summed E-state index contributed by atoms with van der Waals surface area (Å²) >= 11 is 0. The topological polar surface area (TPSA) is 87.7 Å². The van der Waals surface area contributed by atoms with Gasteiger partial charge >= 0.3 is 0 Å². The number of nitrogens with zero attached hydrogens (tertiary/aromatic N) is 1. The van der Waals surface area contributed by atoms with Crippen LogP contribution >= 0.6 is 0 Å². The number of carbonyl (C=O) groups excluding carboxylic acids is 1. The zero-order valence-corrected chi connectivity index (χ0v) is 19.3. The van der Waals surface area contributed by atoms with E-state index in [2.05, 4.69) is 35.7 Å². The molecule has 31 heavy (non-hydrogen) atoms. The minimum Gasteiger partial charge on any atom is -0.380 e. The van der Waals surface area contributed by atoms with Gasteiger partial charge in [-0.25, -0.2) is 13.1 Å². The summed E-state index contributed by atoms with van der Waals surface area (Å²) in [4.78, 5) is 14.6. The Labute approximate surface area is 184 Å². The van der Waals surface area contributed by atoms with Crippen molar-refractivity contribution >= 4 is 27.3 Å². The maximum atomic E-state index is 12.5. The van der Waals surface area contributed by atoms with Gasteiger partial charge in [0.2, 0.25) is 15.9 Å². The van der Waals surface area contributed by atoms with Crippen LogP contribution in [0.3, 0.4) is 0 Å². The van der Waals surface area contributed by atoms with Crippen molar-refractivity contribution in [3.8, 4) is 0 Å². The van der Waals surface area contributed by atoms with E-state index in [4.69, 9.17) is 4.74 Å². The van der Waals surface area contributed by atoms with Crippen LogP contribution in [0.2, 0.25) is 0 Å². The molecule has 0 spiro atoms. The van der Waals surface area contributed by atoms with Gasteiger partial charge in [-0.3, -0.25) is 4.79 Å². The molecule has 2 N–H and O–H groups in total. The lowest BCUT2D eigenvalue weighted by Gasteiger charge is -2.19. The molecule has 0 saturated carbocycles. The summed E-state index contributed by atoms with van der Waals surface area (Å²) in [5.74, 6) is -0.428. The monoisotopic (exact) mass is 445 g/mol. The summed E-state index contributed by atoms with van der Waals surface area (Å²) in [6.07, 6.45) is 1.24. The molecule has 3 rings (SSSR count). The third-order valence-corrected chi connectivity index (χ3v) is 6.87. The van der Waals surface area contributed by atoms with E-state index in [1.165, 1.54) is 0 Å². The van der Waals surface area contributed by atoms with Crippen molar-refractivity contribution in [3.05, 3.63) is 54.1 Å². The Kier molecular flexibility index (Phi) is 7.03. The second kappa shape index (κ2) is 9.38. The van der Waals surface area contributed by atoms with E-state index in [-0.39, 0.29) is 23.0 Å². The van der Waals surface area contributed by atoms with Crippen LogP contribution in [0.4, 0.5) is 11.4 Å². The van der Waals surface area contributed by atoms with Gasteiger partial charge in [0.15, 0.2) is 0 Å². The summed E-state index contributed by atoms with van der Waals surface area (Å²) in [7, 11) is -2.04. The van der Waals surface area contributed by atoms with E-state index in [9.17, 15) is 13.2 Å². The fraction of sp³-hybridized carbons (Fsp3) is 0.435. The van der Waals surface area contributed by atoms with Gasteiger partial charge in [-0.1, -0.05) is 32.9 Å². The van der Waals surface area contributed by atoms with Gasteiger partial charge in [0.1, 0.15) is 0 Å². The maximum Gasteiger partial charge on any atom is 0.241 e. The van der Waals surface area contributed by atoms with E-state index in [0.717, 1.165) is 30.8 Å². The molecule has 2 aromatic carbocycles. The Morgan fingerprint density at radius 1 is 1.10 bits per heavy atom. The third-order valence-electron chi connectivity index (χ3n) is 5.45. The van der Waals surface area contributed by atoms with E-state index in [0.29, 0.717) is 5.69 Å². The van der Waals surface area contributed by atoms with Crippen LogP contribution in [0.15, 0.2) is 53.4 Å². The number of ether oxygens (including phenoxy) is 1. The minimum atomic E-state index is -3.76. The standard InChI is InChI=1S/C23H31N3O4S/c1-23(2,3)17-5-11-21(12-6-17)31(28,29)24-15-22(27)25-18-7-9-19(10-8-18)26-14-13-20(16-26)30-4/h5-12,20,24H,13-16H2,1-4H3,(H,25,27)/t20-/m0/s1. The van der Waals surface area contributed by atoms with E-state index < -0.39 is 15.9 Å². The molecule has 1 saturated heterocycles. The van der Waals surface area contributed by atoms with Gasteiger partial charge in [0.05, 0.1) is 17.5 Å². The molecule has 0 bridgehead atoms. The molecule has 1 fully saturated rings. The Bertz CT molecular complexity index is 997. The van der Waals surface area contributed by atoms with Gasteiger partial charge in [-0.2, -0.15) is 0 Å². The smallest absolute Gasteiger partial charge is 0.241 e. The average Bonchev–Trinajstić information content (AvgIpc) is 3.22. The van der Waals surface area contributed by atoms with Gasteiger partial charge in [-0.05, 0) is 53.8 Å². The van der Waals surface area contributed by atoms with Crippen molar-refractivity contribution in [2.45, 2.75) is 43.6 Å². The van der Waals surface area contributed by atoms with Crippen LogP contribution in [0.5, 0.6) is 0 Å². The highest BCUT2D eigenvalue weighted by molar-refractivity contribution is 7.89. The molecule has 0 aliphatic carbocycles. The Morgan fingerprint density at radius 3 is 2.29 bits per heavy atom. The molecule has 0 aromatic heterocycles. The van der Waals surface area contributed by atoms with Crippen molar-refractivity contribution < 1.29 is 17.9 Å². The summed E-state index contributed by atoms with van der Waals surface area (Å²) in [6.45, 7) is 7.63. The number of hydrogen-bond donors (Lipinski definition) is 2. The molecule has 1 aliphatic rings. The number of amides is 1.